The van der Waals surface area contributed by atoms with Crippen LogP contribution in [0, 0.1) is 6.92 Å². The average molecular weight is 263 g/mol. The number of hydrogen-bond acceptors (Lipinski definition) is 5. The van der Waals surface area contributed by atoms with Crippen molar-refractivity contribution in [2.75, 3.05) is 14.2 Å². The fourth-order valence-electron chi connectivity index (χ4n) is 1.82. The number of carboxylic acids is 1. The highest BCUT2D eigenvalue weighted by molar-refractivity contribution is 5.87. The van der Waals surface area contributed by atoms with Gasteiger partial charge in [-0.2, -0.15) is 0 Å². The van der Waals surface area contributed by atoms with E-state index in [9.17, 15) is 4.79 Å². The smallest absolute Gasteiger partial charge is 0.358 e. The number of aryl methyl sites for hydroxylation is 1. The highest BCUT2D eigenvalue weighted by Crippen LogP contribution is 2.36. The molecule has 0 atom stereocenters. The summed E-state index contributed by atoms with van der Waals surface area (Å²) in [7, 11) is 3.08. The minimum Gasteiger partial charge on any atom is -0.497 e. The van der Waals surface area contributed by atoms with Crippen molar-refractivity contribution in [3.8, 4) is 22.8 Å². The van der Waals surface area contributed by atoms with Crippen LogP contribution in [0.2, 0.25) is 0 Å². The third-order valence-corrected chi connectivity index (χ3v) is 2.68. The summed E-state index contributed by atoms with van der Waals surface area (Å²) in [5.74, 6) is 0.389. The van der Waals surface area contributed by atoms with Gasteiger partial charge in [-0.15, -0.1) is 0 Å². The summed E-state index contributed by atoms with van der Waals surface area (Å²) in [6.07, 6.45) is 0. The molecule has 2 rings (SSSR count). The van der Waals surface area contributed by atoms with Crippen LogP contribution in [0.15, 0.2) is 22.7 Å². The second-order valence-electron chi connectivity index (χ2n) is 3.91. The number of carboxylic acid groups (broad SMARTS) is 1. The second-order valence-corrected chi connectivity index (χ2v) is 3.91. The fraction of sp³-hybridized carbons (Fsp3) is 0.231. The quantitative estimate of drug-likeness (QED) is 0.911. The molecule has 0 fully saturated rings. The van der Waals surface area contributed by atoms with E-state index in [-0.39, 0.29) is 5.69 Å². The Labute approximate surface area is 109 Å². The molecule has 100 valence electrons. The number of methoxy groups -OCH3 is 2. The Morgan fingerprint density at radius 2 is 2.00 bits per heavy atom. The van der Waals surface area contributed by atoms with E-state index < -0.39 is 5.97 Å². The summed E-state index contributed by atoms with van der Waals surface area (Å²) in [4.78, 5) is 10.8. The number of nitrogens with zero attached hydrogens (tertiary/aromatic N) is 1. The maximum absolute atomic E-state index is 10.8. The van der Waals surface area contributed by atoms with E-state index in [1.807, 2.05) is 13.0 Å². The van der Waals surface area contributed by atoms with Gasteiger partial charge in [0.2, 0.25) is 0 Å². The van der Waals surface area contributed by atoms with Gasteiger partial charge >= 0.3 is 5.97 Å². The summed E-state index contributed by atoms with van der Waals surface area (Å²) in [5.41, 5.74) is 1.29. The van der Waals surface area contributed by atoms with Crippen LogP contribution in [-0.4, -0.2) is 30.5 Å². The number of carbonyl (C=O) groups is 1. The molecular weight excluding hydrogens is 250 g/mol. The Morgan fingerprint density at radius 1 is 1.26 bits per heavy atom. The molecule has 0 saturated heterocycles. The van der Waals surface area contributed by atoms with Gasteiger partial charge in [0.15, 0.2) is 11.5 Å². The van der Waals surface area contributed by atoms with Gasteiger partial charge in [0.05, 0.1) is 19.8 Å². The van der Waals surface area contributed by atoms with Crippen molar-refractivity contribution < 1.29 is 23.9 Å². The third-order valence-electron chi connectivity index (χ3n) is 2.68. The fourth-order valence-corrected chi connectivity index (χ4v) is 1.82. The summed E-state index contributed by atoms with van der Waals surface area (Å²) in [6, 6.07) is 4.87. The zero-order valence-corrected chi connectivity index (χ0v) is 10.8. The van der Waals surface area contributed by atoms with E-state index in [0.29, 0.717) is 22.8 Å². The lowest BCUT2D eigenvalue weighted by Gasteiger charge is -2.11. The van der Waals surface area contributed by atoms with Gasteiger partial charge in [-0.1, -0.05) is 5.16 Å². The summed E-state index contributed by atoms with van der Waals surface area (Å²) in [6.45, 7) is 1.86. The first-order valence-corrected chi connectivity index (χ1v) is 5.49. The normalized spacial score (nSPS) is 10.3. The molecule has 0 saturated carbocycles. The van der Waals surface area contributed by atoms with Crippen LogP contribution in [0.4, 0.5) is 0 Å². The lowest BCUT2D eigenvalue weighted by Crippen LogP contribution is -1.95. The predicted molar refractivity (Wildman–Crippen MR) is 66.7 cm³/mol. The Bertz CT molecular complexity index is 617. The zero-order chi connectivity index (χ0) is 14.0. The van der Waals surface area contributed by atoms with Gasteiger partial charge in [0, 0.05) is 6.07 Å². The minimum absolute atomic E-state index is 0.155. The van der Waals surface area contributed by atoms with Gasteiger partial charge < -0.3 is 19.1 Å². The molecule has 1 aromatic carbocycles. The molecule has 0 spiro atoms. The first kappa shape index (κ1) is 12.9. The summed E-state index contributed by atoms with van der Waals surface area (Å²) in [5, 5.41) is 12.3. The molecule has 0 aliphatic heterocycles. The molecule has 1 heterocycles. The Hall–Kier alpha value is -2.50. The van der Waals surface area contributed by atoms with Crippen LogP contribution in [0.25, 0.3) is 11.3 Å². The molecule has 19 heavy (non-hydrogen) atoms. The Kier molecular flexibility index (Phi) is 3.41. The molecule has 0 amide bonds. The molecule has 0 bridgehead atoms. The van der Waals surface area contributed by atoms with E-state index in [1.165, 1.54) is 13.2 Å². The molecule has 1 aromatic heterocycles. The summed E-state index contributed by atoms with van der Waals surface area (Å²) >= 11 is 0. The Balaban J connectivity index is 2.58. The van der Waals surface area contributed by atoms with Crippen molar-refractivity contribution in [3.63, 3.8) is 0 Å². The number of ether oxygens (including phenoxy) is 2. The number of benzene rings is 1. The number of hydrogen-bond donors (Lipinski definition) is 1. The third kappa shape index (κ3) is 2.37. The second kappa shape index (κ2) is 5.01. The number of aromatic carboxylic acids is 1. The van der Waals surface area contributed by atoms with Crippen LogP contribution >= 0.6 is 0 Å². The van der Waals surface area contributed by atoms with E-state index in [2.05, 4.69) is 5.16 Å². The molecule has 6 heteroatoms. The van der Waals surface area contributed by atoms with Crippen LogP contribution in [0.3, 0.4) is 0 Å². The van der Waals surface area contributed by atoms with E-state index >= 15 is 0 Å². The molecule has 2 aromatic rings. The van der Waals surface area contributed by atoms with Crippen molar-refractivity contribution in [3.05, 3.63) is 29.5 Å². The van der Waals surface area contributed by atoms with Crippen LogP contribution in [0.1, 0.15) is 16.1 Å². The first-order chi connectivity index (χ1) is 9.06. The standard InChI is InChI=1S/C13H13NO5/c1-7-4-8(17-2)5-9(12(7)18-3)11-6-10(13(15)16)14-19-11/h4-6H,1-3H3,(H,15,16). The van der Waals surface area contributed by atoms with E-state index in [4.69, 9.17) is 19.1 Å². The minimum atomic E-state index is -1.14. The van der Waals surface area contributed by atoms with Gasteiger partial charge in [-0.05, 0) is 24.6 Å². The van der Waals surface area contributed by atoms with Crippen LogP contribution in [-0.2, 0) is 0 Å². The van der Waals surface area contributed by atoms with Gasteiger partial charge in [-0.25, -0.2) is 4.79 Å². The number of rotatable bonds is 4. The molecule has 1 N–H and O–H groups in total. The molecule has 6 nitrogen and oxygen atoms in total. The highest BCUT2D eigenvalue weighted by atomic mass is 16.5. The lowest BCUT2D eigenvalue weighted by molar-refractivity contribution is 0.0686. The SMILES string of the molecule is COc1cc(C)c(OC)c(-c2cc(C(=O)O)no2)c1. The predicted octanol–water partition coefficient (Wildman–Crippen LogP) is 2.37. The Morgan fingerprint density at radius 3 is 2.53 bits per heavy atom. The van der Waals surface area contributed by atoms with Crippen molar-refractivity contribution in [1.29, 1.82) is 0 Å². The average Bonchev–Trinajstić information content (AvgIpc) is 2.87. The van der Waals surface area contributed by atoms with E-state index in [0.717, 1.165) is 5.56 Å². The van der Waals surface area contributed by atoms with Crippen LogP contribution in [0.5, 0.6) is 11.5 Å². The largest absolute Gasteiger partial charge is 0.497 e. The first-order valence-electron chi connectivity index (χ1n) is 5.49. The van der Waals surface area contributed by atoms with E-state index in [1.54, 1.807) is 13.2 Å². The van der Waals surface area contributed by atoms with Crippen molar-refractivity contribution in [2.45, 2.75) is 6.92 Å². The lowest BCUT2D eigenvalue weighted by atomic mass is 10.1. The van der Waals surface area contributed by atoms with Crippen molar-refractivity contribution in [1.82, 2.24) is 5.16 Å². The molecule has 0 aliphatic rings. The maximum Gasteiger partial charge on any atom is 0.358 e. The molecule has 0 radical (unpaired) electrons. The van der Waals surface area contributed by atoms with Crippen LogP contribution < -0.4 is 9.47 Å². The molecule has 0 unspecified atom stereocenters. The van der Waals surface area contributed by atoms with Gasteiger partial charge in [-0.3, -0.25) is 0 Å². The van der Waals surface area contributed by atoms with Crippen molar-refractivity contribution in [2.24, 2.45) is 0 Å². The molecule has 0 aliphatic carbocycles. The van der Waals surface area contributed by atoms with Crippen molar-refractivity contribution >= 4 is 5.97 Å². The van der Waals surface area contributed by atoms with Gasteiger partial charge in [0.1, 0.15) is 11.5 Å². The molecular formula is C13H13NO5. The monoisotopic (exact) mass is 263 g/mol. The maximum atomic E-state index is 10.8. The zero-order valence-electron chi connectivity index (χ0n) is 10.8. The summed E-state index contributed by atoms with van der Waals surface area (Å²) < 4.78 is 15.5. The van der Waals surface area contributed by atoms with Gasteiger partial charge in [0.25, 0.3) is 0 Å². The number of aromatic nitrogens is 1. The highest BCUT2D eigenvalue weighted by Gasteiger charge is 2.18. The topological polar surface area (TPSA) is 81.8 Å².